The molecule has 6 nitrogen and oxygen atoms in total. The van der Waals surface area contributed by atoms with Gasteiger partial charge in [0.2, 0.25) is 0 Å². The third-order valence-corrected chi connectivity index (χ3v) is 4.24. The van der Waals surface area contributed by atoms with Gasteiger partial charge in [-0.3, -0.25) is 4.79 Å². The third-order valence-electron chi connectivity index (χ3n) is 3.88. The first-order valence-electron chi connectivity index (χ1n) is 8.09. The van der Waals surface area contributed by atoms with Crippen molar-refractivity contribution in [2.45, 2.75) is 12.6 Å². The van der Waals surface area contributed by atoms with Crippen molar-refractivity contribution in [1.82, 2.24) is 14.8 Å². The fraction of sp³-hybridized carbons (Fsp3) is 0.167. The Hall–Kier alpha value is -3.07. The van der Waals surface area contributed by atoms with Crippen LogP contribution in [0.5, 0.6) is 5.75 Å². The molecule has 0 radical (unpaired) electrons. The molecule has 0 bridgehead atoms. The van der Waals surface area contributed by atoms with E-state index in [1.54, 1.807) is 24.3 Å². The Morgan fingerprint density at radius 3 is 2.43 bits per heavy atom. The van der Waals surface area contributed by atoms with Gasteiger partial charge < -0.3 is 10.4 Å². The van der Waals surface area contributed by atoms with Crippen LogP contribution in [-0.4, -0.2) is 26.4 Å². The normalized spacial score (nSPS) is 11.4. The molecule has 0 aliphatic heterocycles. The van der Waals surface area contributed by atoms with Gasteiger partial charge in [-0.25, -0.2) is 4.98 Å². The Labute approximate surface area is 162 Å². The van der Waals surface area contributed by atoms with Crippen LogP contribution in [0.15, 0.2) is 53.6 Å². The number of nitrogens with one attached hydrogen (secondary N) is 1. The number of hydrogen-bond acceptors (Lipinski definition) is 5. The second-order valence-corrected chi connectivity index (χ2v) is 6.21. The van der Waals surface area contributed by atoms with E-state index < -0.39 is 17.3 Å². The molecule has 0 amide bonds. The standard InChI is InChI=1S/C18H14ClF3N4O2/c19-16-14(23-8-7-11-1-4-13(27)5-2-11)10-25-26(17(16)28)15-6-3-12(9-24-15)18(20,21)22/h1-6,9-10,23,27H,7-8H2. The molecule has 1 aromatic carbocycles. The average Bonchev–Trinajstić information content (AvgIpc) is 2.66. The summed E-state index contributed by atoms with van der Waals surface area (Å²) in [7, 11) is 0. The highest BCUT2D eigenvalue weighted by Gasteiger charge is 2.30. The van der Waals surface area contributed by atoms with Crippen LogP contribution < -0.4 is 10.9 Å². The van der Waals surface area contributed by atoms with Crippen molar-refractivity contribution < 1.29 is 18.3 Å². The highest BCUT2D eigenvalue weighted by Crippen LogP contribution is 2.28. The molecule has 0 fully saturated rings. The second-order valence-electron chi connectivity index (χ2n) is 5.84. The van der Waals surface area contributed by atoms with Crippen molar-refractivity contribution in [3.8, 4) is 11.6 Å². The minimum atomic E-state index is -4.52. The number of phenolic OH excluding ortho intramolecular Hbond substituents is 1. The predicted octanol–water partition coefficient (Wildman–Crippen LogP) is 3.66. The molecule has 28 heavy (non-hydrogen) atoms. The number of halogens is 4. The van der Waals surface area contributed by atoms with Gasteiger partial charge in [-0.2, -0.15) is 23.0 Å². The van der Waals surface area contributed by atoms with Gasteiger partial charge in [-0.15, -0.1) is 0 Å². The first kappa shape index (κ1) is 19.7. The SMILES string of the molecule is O=c1c(Cl)c(NCCc2ccc(O)cc2)cnn1-c1ccc(C(F)(F)F)cn1. The summed E-state index contributed by atoms with van der Waals surface area (Å²) in [5, 5.41) is 16.0. The largest absolute Gasteiger partial charge is 0.508 e. The monoisotopic (exact) mass is 410 g/mol. The number of hydrogen-bond donors (Lipinski definition) is 2. The van der Waals surface area contributed by atoms with Crippen molar-refractivity contribution >= 4 is 17.3 Å². The lowest BCUT2D eigenvalue weighted by Gasteiger charge is -2.11. The summed E-state index contributed by atoms with van der Waals surface area (Å²) < 4.78 is 38.7. The highest BCUT2D eigenvalue weighted by molar-refractivity contribution is 6.32. The molecule has 0 aliphatic carbocycles. The topological polar surface area (TPSA) is 80.0 Å². The third kappa shape index (κ3) is 4.42. The van der Waals surface area contributed by atoms with Gasteiger partial charge in [0.1, 0.15) is 10.8 Å². The van der Waals surface area contributed by atoms with Gasteiger partial charge in [-0.1, -0.05) is 23.7 Å². The maximum absolute atomic E-state index is 12.6. The first-order chi connectivity index (χ1) is 13.3. The Bertz CT molecular complexity index is 1020. The Kier molecular flexibility index (Phi) is 5.55. The summed E-state index contributed by atoms with van der Waals surface area (Å²) in [5.74, 6) is 0.0972. The molecule has 0 atom stereocenters. The Balaban J connectivity index is 1.73. The number of nitrogens with zero attached hydrogens (tertiary/aromatic N) is 3. The maximum atomic E-state index is 12.6. The average molecular weight is 411 g/mol. The molecule has 3 rings (SSSR count). The molecule has 146 valence electrons. The number of benzene rings is 1. The van der Waals surface area contributed by atoms with E-state index in [4.69, 9.17) is 11.6 Å². The minimum Gasteiger partial charge on any atom is -0.508 e. The molecular weight excluding hydrogens is 397 g/mol. The van der Waals surface area contributed by atoms with Gasteiger partial charge in [0.05, 0.1) is 17.4 Å². The Morgan fingerprint density at radius 2 is 1.82 bits per heavy atom. The fourth-order valence-electron chi connectivity index (χ4n) is 2.40. The van der Waals surface area contributed by atoms with E-state index in [0.29, 0.717) is 24.8 Å². The van der Waals surface area contributed by atoms with Gasteiger partial charge in [-0.05, 0) is 36.2 Å². The number of anilines is 1. The lowest BCUT2D eigenvalue weighted by Crippen LogP contribution is -2.24. The number of aromatic hydroxyl groups is 1. The van der Waals surface area contributed by atoms with Crippen LogP contribution in [0.25, 0.3) is 5.82 Å². The summed E-state index contributed by atoms with van der Waals surface area (Å²) in [5.41, 5.74) is -0.364. The van der Waals surface area contributed by atoms with Gasteiger partial charge in [0.25, 0.3) is 5.56 Å². The number of aromatic nitrogens is 3. The van der Waals surface area contributed by atoms with Crippen LogP contribution in [0.4, 0.5) is 18.9 Å². The van der Waals surface area contributed by atoms with E-state index in [0.717, 1.165) is 22.4 Å². The van der Waals surface area contributed by atoms with Gasteiger partial charge in [0, 0.05) is 12.7 Å². The molecule has 0 unspecified atom stereocenters. The van der Waals surface area contributed by atoms with Crippen LogP contribution in [0.2, 0.25) is 5.02 Å². The lowest BCUT2D eigenvalue weighted by atomic mass is 10.1. The van der Waals surface area contributed by atoms with Crippen LogP contribution >= 0.6 is 11.6 Å². The van der Waals surface area contributed by atoms with Gasteiger partial charge in [0.15, 0.2) is 5.82 Å². The maximum Gasteiger partial charge on any atom is 0.417 e. The number of rotatable bonds is 5. The van der Waals surface area contributed by atoms with Crippen LogP contribution in [0, 0.1) is 0 Å². The molecule has 2 heterocycles. The fourth-order valence-corrected chi connectivity index (χ4v) is 2.60. The van der Waals surface area contributed by atoms with Crippen molar-refractivity contribution in [3.63, 3.8) is 0 Å². The smallest absolute Gasteiger partial charge is 0.417 e. The van der Waals surface area contributed by atoms with Gasteiger partial charge >= 0.3 is 6.18 Å². The quantitative estimate of drug-likeness (QED) is 0.671. The molecule has 0 saturated heterocycles. The molecule has 2 aromatic heterocycles. The van der Waals surface area contributed by atoms with Crippen LogP contribution in [-0.2, 0) is 12.6 Å². The summed E-state index contributed by atoms with van der Waals surface area (Å²) in [4.78, 5) is 16.0. The zero-order valence-electron chi connectivity index (χ0n) is 14.2. The molecule has 0 spiro atoms. The first-order valence-corrected chi connectivity index (χ1v) is 8.47. The molecule has 0 aliphatic rings. The van der Waals surface area contributed by atoms with E-state index >= 15 is 0 Å². The van der Waals surface area contributed by atoms with Crippen LogP contribution in [0.1, 0.15) is 11.1 Å². The summed E-state index contributed by atoms with van der Waals surface area (Å²) in [6.45, 7) is 0.453. The van der Waals surface area contributed by atoms with E-state index in [2.05, 4.69) is 15.4 Å². The second kappa shape index (κ2) is 7.89. The van der Waals surface area contributed by atoms with E-state index in [-0.39, 0.29) is 16.6 Å². The minimum absolute atomic E-state index is 0.0736. The summed E-state index contributed by atoms with van der Waals surface area (Å²) in [6.07, 6.45) is -1.98. The number of pyridine rings is 1. The summed E-state index contributed by atoms with van der Waals surface area (Å²) >= 11 is 6.08. The lowest BCUT2D eigenvalue weighted by molar-refractivity contribution is -0.137. The van der Waals surface area contributed by atoms with E-state index in [9.17, 15) is 23.1 Å². The highest BCUT2D eigenvalue weighted by atomic mass is 35.5. The van der Waals surface area contributed by atoms with E-state index in [1.807, 2.05) is 0 Å². The molecule has 10 heteroatoms. The van der Waals surface area contributed by atoms with Crippen molar-refractivity contribution in [2.75, 3.05) is 11.9 Å². The molecule has 2 N–H and O–H groups in total. The molecule has 3 aromatic rings. The van der Waals surface area contributed by atoms with E-state index in [1.165, 1.54) is 6.20 Å². The predicted molar refractivity (Wildman–Crippen MR) is 97.9 cm³/mol. The van der Waals surface area contributed by atoms with Crippen molar-refractivity contribution in [2.24, 2.45) is 0 Å². The number of phenols is 1. The molecular formula is C18H14ClF3N4O2. The zero-order valence-corrected chi connectivity index (χ0v) is 15.0. The zero-order chi connectivity index (χ0) is 20.3. The summed E-state index contributed by atoms with van der Waals surface area (Å²) in [6, 6.07) is 8.54. The van der Waals surface area contributed by atoms with Crippen molar-refractivity contribution in [3.05, 3.63) is 75.3 Å². The Morgan fingerprint density at radius 1 is 1.11 bits per heavy atom. The molecule has 0 saturated carbocycles. The van der Waals surface area contributed by atoms with Crippen LogP contribution in [0.3, 0.4) is 0 Å². The number of alkyl halides is 3. The van der Waals surface area contributed by atoms with Crippen molar-refractivity contribution in [1.29, 1.82) is 0 Å².